The molecule has 1 saturated heterocycles. The van der Waals surface area contributed by atoms with Crippen molar-refractivity contribution in [3.05, 3.63) is 23.8 Å². The van der Waals surface area contributed by atoms with Gasteiger partial charge in [0.1, 0.15) is 4.90 Å². The minimum Gasteiger partial charge on any atom is -0.384 e. The van der Waals surface area contributed by atoms with Crippen molar-refractivity contribution in [3.8, 4) is 0 Å². The number of anilines is 1. The molecule has 31 heavy (non-hydrogen) atoms. The van der Waals surface area contributed by atoms with E-state index in [9.17, 15) is 13.2 Å². The lowest BCUT2D eigenvalue weighted by Crippen LogP contribution is -2.52. The molecule has 1 unspecified atom stereocenters. The van der Waals surface area contributed by atoms with Gasteiger partial charge >= 0.3 is 0 Å². The molecule has 3 atom stereocenters. The van der Waals surface area contributed by atoms with Crippen molar-refractivity contribution >= 4 is 21.6 Å². The number of amides is 1. The molecule has 8 heteroatoms. The molecule has 1 amide bonds. The SMILES string of the molecule is CCNc1ccc(C(=O)NC2C(C)(C)[C@@H]3CC[C@]2(C)C3)cc1S(=O)(=O)N1CCOCC1. The first-order valence-corrected chi connectivity index (χ1v) is 12.8. The molecular weight excluding hydrogens is 414 g/mol. The zero-order valence-electron chi connectivity index (χ0n) is 19.0. The van der Waals surface area contributed by atoms with Crippen LogP contribution in [0.1, 0.15) is 57.3 Å². The van der Waals surface area contributed by atoms with Gasteiger partial charge in [-0.25, -0.2) is 8.42 Å². The number of carbonyl (C=O) groups excluding carboxylic acids is 1. The third-order valence-corrected chi connectivity index (χ3v) is 9.68. The first kappa shape index (κ1) is 22.6. The summed E-state index contributed by atoms with van der Waals surface area (Å²) < 4.78 is 33.5. The number of hydrogen-bond acceptors (Lipinski definition) is 5. The Hall–Kier alpha value is -1.64. The maximum atomic E-state index is 13.4. The van der Waals surface area contributed by atoms with Crippen LogP contribution in [0.15, 0.2) is 23.1 Å². The Morgan fingerprint density at radius 1 is 1.23 bits per heavy atom. The highest BCUT2D eigenvalue weighted by atomic mass is 32.2. The van der Waals surface area contributed by atoms with Crippen LogP contribution in [0.4, 0.5) is 5.69 Å². The second kappa shape index (κ2) is 8.05. The molecule has 172 valence electrons. The van der Waals surface area contributed by atoms with Gasteiger partial charge in [0.15, 0.2) is 0 Å². The standard InChI is InChI=1S/C23H35N3O4S/c1-5-24-18-7-6-16(14-19(18)31(28,29)26-10-12-30-13-11-26)20(27)25-21-22(2,3)17-8-9-23(21,4)15-17/h6-7,14,17,21,24H,5,8-13,15H2,1-4H3,(H,25,27)/t17-,21?,23-/m1/s1. The number of carbonyl (C=O) groups is 1. The molecule has 3 aliphatic rings. The number of benzene rings is 1. The molecule has 1 heterocycles. The maximum absolute atomic E-state index is 13.4. The smallest absolute Gasteiger partial charge is 0.251 e. The van der Waals surface area contributed by atoms with Crippen molar-refractivity contribution in [2.75, 3.05) is 38.2 Å². The van der Waals surface area contributed by atoms with Crippen LogP contribution in [0, 0.1) is 16.7 Å². The molecule has 2 aliphatic carbocycles. The van der Waals surface area contributed by atoms with Crippen LogP contribution in [-0.2, 0) is 14.8 Å². The van der Waals surface area contributed by atoms with Crippen molar-refractivity contribution in [2.45, 2.75) is 57.9 Å². The highest BCUT2D eigenvalue weighted by Gasteiger charge is 2.59. The molecule has 3 fully saturated rings. The molecule has 1 aromatic rings. The number of morpholine rings is 1. The molecule has 0 spiro atoms. The van der Waals surface area contributed by atoms with Gasteiger partial charge in [0.2, 0.25) is 10.0 Å². The van der Waals surface area contributed by atoms with Crippen molar-refractivity contribution in [1.82, 2.24) is 9.62 Å². The van der Waals surface area contributed by atoms with E-state index in [0.717, 1.165) is 12.8 Å². The summed E-state index contributed by atoms with van der Waals surface area (Å²) in [5.74, 6) is 0.421. The number of fused-ring (bicyclic) bond motifs is 2. The number of sulfonamides is 1. The van der Waals surface area contributed by atoms with Crippen molar-refractivity contribution in [1.29, 1.82) is 0 Å². The van der Waals surface area contributed by atoms with E-state index in [1.165, 1.54) is 16.8 Å². The second-order valence-corrected chi connectivity index (χ2v) is 12.0. The van der Waals surface area contributed by atoms with Gasteiger partial charge in [-0.2, -0.15) is 4.31 Å². The van der Waals surface area contributed by atoms with Gasteiger partial charge < -0.3 is 15.4 Å². The largest absolute Gasteiger partial charge is 0.384 e. The Balaban J connectivity index is 1.63. The van der Waals surface area contributed by atoms with E-state index in [0.29, 0.717) is 50.0 Å². The van der Waals surface area contributed by atoms with E-state index in [1.807, 2.05) is 6.92 Å². The molecule has 4 rings (SSSR count). The number of ether oxygens (including phenoxy) is 1. The van der Waals surface area contributed by atoms with Gasteiger partial charge in [-0.1, -0.05) is 20.8 Å². The number of rotatable bonds is 6. The zero-order chi connectivity index (χ0) is 22.4. The van der Waals surface area contributed by atoms with Crippen LogP contribution in [0.5, 0.6) is 0 Å². The van der Waals surface area contributed by atoms with Gasteiger partial charge in [0, 0.05) is 31.2 Å². The van der Waals surface area contributed by atoms with Crippen LogP contribution in [0.25, 0.3) is 0 Å². The van der Waals surface area contributed by atoms with E-state index >= 15 is 0 Å². The first-order valence-electron chi connectivity index (χ1n) is 11.4. The molecule has 0 radical (unpaired) electrons. The molecule has 0 aromatic heterocycles. The summed E-state index contributed by atoms with van der Waals surface area (Å²) >= 11 is 0. The average Bonchev–Trinajstić information content (AvgIpc) is 3.23. The molecule has 1 aliphatic heterocycles. The van der Waals surface area contributed by atoms with E-state index < -0.39 is 10.0 Å². The molecule has 2 N–H and O–H groups in total. The fourth-order valence-corrected chi connectivity index (χ4v) is 7.62. The highest BCUT2D eigenvalue weighted by Crippen LogP contribution is 2.62. The van der Waals surface area contributed by atoms with Crippen molar-refractivity contribution in [3.63, 3.8) is 0 Å². The zero-order valence-corrected chi connectivity index (χ0v) is 19.8. The monoisotopic (exact) mass is 449 g/mol. The summed E-state index contributed by atoms with van der Waals surface area (Å²) in [4.78, 5) is 13.4. The Kier molecular flexibility index (Phi) is 5.85. The van der Waals surface area contributed by atoms with Crippen molar-refractivity contribution < 1.29 is 17.9 Å². The normalized spacial score (nSPS) is 30.3. The summed E-state index contributed by atoms with van der Waals surface area (Å²) in [6, 6.07) is 5.04. The first-order chi connectivity index (χ1) is 14.6. The minimum atomic E-state index is -3.73. The van der Waals surface area contributed by atoms with Crippen molar-refractivity contribution in [2.24, 2.45) is 16.7 Å². The topological polar surface area (TPSA) is 87.7 Å². The van der Waals surface area contributed by atoms with E-state index in [1.54, 1.807) is 12.1 Å². The fourth-order valence-electron chi connectivity index (χ4n) is 6.02. The van der Waals surface area contributed by atoms with Crippen LogP contribution in [0.2, 0.25) is 0 Å². The molecule has 7 nitrogen and oxygen atoms in total. The Morgan fingerprint density at radius 2 is 1.94 bits per heavy atom. The molecule has 1 aromatic carbocycles. The minimum absolute atomic E-state index is 0.0368. The Morgan fingerprint density at radius 3 is 2.55 bits per heavy atom. The third kappa shape index (κ3) is 3.87. The van der Waals surface area contributed by atoms with Gasteiger partial charge in [-0.15, -0.1) is 0 Å². The number of nitrogens with zero attached hydrogens (tertiary/aromatic N) is 1. The van der Waals surface area contributed by atoms with Gasteiger partial charge in [0.25, 0.3) is 5.91 Å². The lowest BCUT2D eigenvalue weighted by Gasteiger charge is -2.43. The quantitative estimate of drug-likeness (QED) is 0.697. The highest BCUT2D eigenvalue weighted by molar-refractivity contribution is 7.89. The summed E-state index contributed by atoms with van der Waals surface area (Å²) in [6.07, 6.45) is 3.48. The van der Waals surface area contributed by atoms with Gasteiger partial charge in [-0.3, -0.25) is 4.79 Å². The third-order valence-electron chi connectivity index (χ3n) is 7.74. The second-order valence-electron chi connectivity index (χ2n) is 10.1. The summed E-state index contributed by atoms with van der Waals surface area (Å²) in [5.41, 5.74) is 1.05. The lowest BCUT2D eigenvalue weighted by atomic mass is 9.68. The maximum Gasteiger partial charge on any atom is 0.251 e. The van der Waals surface area contributed by atoms with Crippen LogP contribution >= 0.6 is 0 Å². The molecule has 2 saturated carbocycles. The Labute approximate surface area is 186 Å². The van der Waals surface area contributed by atoms with Crippen LogP contribution < -0.4 is 10.6 Å². The summed E-state index contributed by atoms with van der Waals surface area (Å²) in [7, 11) is -3.73. The summed E-state index contributed by atoms with van der Waals surface area (Å²) in [6.45, 7) is 10.7. The van der Waals surface area contributed by atoms with Crippen LogP contribution in [0.3, 0.4) is 0 Å². The average molecular weight is 450 g/mol. The van der Waals surface area contributed by atoms with Crippen LogP contribution in [-0.4, -0.2) is 57.5 Å². The van der Waals surface area contributed by atoms with Gasteiger partial charge in [0.05, 0.1) is 18.9 Å². The number of hydrogen-bond donors (Lipinski definition) is 2. The summed E-state index contributed by atoms with van der Waals surface area (Å²) in [5, 5.41) is 6.41. The lowest BCUT2D eigenvalue weighted by molar-refractivity contribution is 0.0729. The predicted molar refractivity (Wildman–Crippen MR) is 121 cm³/mol. The van der Waals surface area contributed by atoms with E-state index in [-0.39, 0.29) is 27.7 Å². The fraction of sp³-hybridized carbons (Fsp3) is 0.696. The van der Waals surface area contributed by atoms with E-state index in [2.05, 4.69) is 31.4 Å². The Bertz CT molecular complexity index is 951. The number of nitrogens with one attached hydrogen (secondary N) is 2. The molecule has 2 bridgehead atoms. The molecular formula is C23H35N3O4S. The predicted octanol–water partition coefficient (Wildman–Crippen LogP) is 3.08. The van der Waals surface area contributed by atoms with Gasteiger partial charge in [-0.05, 0) is 61.1 Å². The van der Waals surface area contributed by atoms with E-state index in [4.69, 9.17) is 4.74 Å².